The van der Waals surface area contributed by atoms with Crippen LogP contribution in [0.5, 0.6) is 0 Å². The molecule has 3 aromatic rings. The lowest BCUT2D eigenvalue weighted by atomic mass is 10.0. The summed E-state index contributed by atoms with van der Waals surface area (Å²) in [5.41, 5.74) is 7.22. The largest absolute Gasteiger partial charge is 0.306 e. The molecule has 4 nitrogen and oxygen atoms in total. The average Bonchev–Trinajstić information content (AvgIpc) is 3.13. The highest BCUT2D eigenvalue weighted by Crippen LogP contribution is 2.27. The van der Waals surface area contributed by atoms with E-state index in [-0.39, 0.29) is 0 Å². The highest BCUT2D eigenvalue weighted by Gasteiger charge is 2.22. The summed E-state index contributed by atoms with van der Waals surface area (Å²) in [4.78, 5) is 4.95. The van der Waals surface area contributed by atoms with E-state index in [0.29, 0.717) is 6.04 Å². The third kappa shape index (κ3) is 4.60. The second-order valence-electron chi connectivity index (χ2n) is 8.60. The van der Waals surface area contributed by atoms with E-state index in [1.807, 2.05) is 4.68 Å². The summed E-state index contributed by atoms with van der Waals surface area (Å²) in [6.45, 7) is 7.55. The molecule has 1 aliphatic rings. The molecule has 0 N–H and O–H groups in total. The summed E-state index contributed by atoms with van der Waals surface area (Å²) in [5, 5.41) is 5.01. The summed E-state index contributed by atoms with van der Waals surface area (Å²) in [6.07, 6.45) is 4.69. The average molecular weight is 389 g/mol. The van der Waals surface area contributed by atoms with Crippen molar-refractivity contribution in [2.75, 3.05) is 27.2 Å². The Kier molecular flexibility index (Phi) is 5.84. The summed E-state index contributed by atoms with van der Waals surface area (Å²) < 4.78 is 2.04. The minimum absolute atomic E-state index is 0.638. The molecule has 0 unspecified atom stereocenters. The van der Waals surface area contributed by atoms with Crippen molar-refractivity contribution in [1.82, 2.24) is 19.6 Å². The van der Waals surface area contributed by atoms with E-state index < -0.39 is 0 Å². The first-order valence-electron chi connectivity index (χ1n) is 10.6. The van der Waals surface area contributed by atoms with Gasteiger partial charge in [-0.05, 0) is 72.1 Å². The molecular formula is C25H32N4. The maximum absolute atomic E-state index is 5.01. The van der Waals surface area contributed by atoms with Gasteiger partial charge in [-0.25, -0.2) is 4.68 Å². The van der Waals surface area contributed by atoms with Crippen LogP contribution in [0.1, 0.15) is 29.5 Å². The molecule has 1 fully saturated rings. The number of rotatable bonds is 5. The van der Waals surface area contributed by atoms with Crippen LogP contribution in [0.4, 0.5) is 0 Å². The fourth-order valence-corrected chi connectivity index (χ4v) is 4.22. The van der Waals surface area contributed by atoms with Gasteiger partial charge in [0, 0.05) is 29.9 Å². The summed E-state index contributed by atoms with van der Waals surface area (Å²) in [7, 11) is 4.48. The van der Waals surface area contributed by atoms with Gasteiger partial charge in [0.15, 0.2) is 0 Å². The molecule has 0 atom stereocenters. The fraction of sp³-hybridized carbons (Fsp3) is 0.400. The van der Waals surface area contributed by atoms with Gasteiger partial charge in [-0.1, -0.05) is 41.5 Å². The first-order valence-corrected chi connectivity index (χ1v) is 10.6. The molecule has 0 aliphatic carbocycles. The summed E-state index contributed by atoms with van der Waals surface area (Å²) >= 11 is 0. The Bertz CT molecular complexity index is 949. The summed E-state index contributed by atoms with van der Waals surface area (Å²) in [6, 6.07) is 17.9. The van der Waals surface area contributed by atoms with Crippen LogP contribution in [0.15, 0.2) is 54.7 Å². The van der Waals surface area contributed by atoms with Gasteiger partial charge in [-0.3, -0.25) is 4.90 Å². The molecule has 4 rings (SSSR count). The van der Waals surface area contributed by atoms with Crippen LogP contribution in [-0.4, -0.2) is 52.8 Å². The van der Waals surface area contributed by atoms with E-state index >= 15 is 0 Å². The van der Waals surface area contributed by atoms with Crippen LogP contribution in [0, 0.1) is 13.8 Å². The highest BCUT2D eigenvalue weighted by molar-refractivity contribution is 5.64. The zero-order valence-electron chi connectivity index (χ0n) is 18.1. The molecule has 0 bridgehead atoms. The first-order chi connectivity index (χ1) is 14.0. The number of hydrogen-bond donors (Lipinski definition) is 0. The molecule has 0 saturated carbocycles. The Labute approximate surface area is 174 Å². The number of hydrogen-bond acceptors (Lipinski definition) is 3. The highest BCUT2D eigenvalue weighted by atomic mass is 15.3. The van der Waals surface area contributed by atoms with Crippen molar-refractivity contribution in [3.63, 3.8) is 0 Å². The molecule has 0 radical (unpaired) electrons. The van der Waals surface area contributed by atoms with Crippen LogP contribution < -0.4 is 0 Å². The Morgan fingerprint density at radius 1 is 1.00 bits per heavy atom. The number of piperidine rings is 1. The predicted molar refractivity (Wildman–Crippen MR) is 120 cm³/mol. The van der Waals surface area contributed by atoms with Crippen molar-refractivity contribution in [2.24, 2.45) is 0 Å². The van der Waals surface area contributed by atoms with Crippen molar-refractivity contribution in [3.05, 3.63) is 71.4 Å². The van der Waals surface area contributed by atoms with Gasteiger partial charge >= 0.3 is 0 Å². The smallest absolute Gasteiger partial charge is 0.0972 e. The second kappa shape index (κ2) is 8.52. The van der Waals surface area contributed by atoms with E-state index in [9.17, 15) is 0 Å². The molecule has 1 aliphatic heterocycles. The maximum Gasteiger partial charge on any atom is 0.0972 e. The normalized spacial score (nSPS) is 15.9. The van der Waals surface area contributed by atoms with Crippen molar-refractivity contribution in [3.8, 4) is 16.9 Å². The minimum atomic E-state index is 0.638. The quantitative estimate of drug-likeness (QED) is 0.634. The lowest BCUT2D eigenvalue weighted by Crippen LogP contribution is -2.41. The number of nitrogens with zero attached hydrogens (tertiary/aromatic N) is 4. The Hall–Kier alpha value is -2.43. The molecule has 1 saturated heterocycles. The van der Waals surface area contributed by atoms with E-state index in [4.69, 9.17) is 5.10 Å². The molecule has 2 aromatic carbocycles. The predicted octanol–water partition coefficient (Wildman–Crippen LogP) is 4.68. The van der Waals surface area contributed by atoms with Crippen molar-refractivity contribution >= 4 is 0 Å². The number of likely N-dealkylation sites (tertiary alicyclic amines) is 1. The molecule has 1 aromatic heterocycles. The van der Waals surface area contributed by atoms with Gasteiger partial charge in [0.1, 0.15) is 0 Å². The lowest BCUT2D eigenvalue weighted by Gasteiger charge is -2.35. The van der Waals surface area contributed by atoms with Gasteiger partial charge in [0.05, 0.1) is 11.4 Å². The maximum atomic E-state index is 5.01. The number of aryl methyl sites for hydroxylation is 2. The van der Waals surface area contributed by atoms with Crippen LogP contribution in [-0.2, 0) is 6.54 Å². The Balaban J connectivity index is 1.66. The van der Waals surface area contributed by atoms with Crippen LogP contribution >= 0.6 is 0 Å². The summed E-state index contributed by atoms with van der Waals surface area (Å²) in [5.74, 6) is 0. The second-order valence-corrected chi connectivity index (χ2v) is 8.60. The van der Waals surface area contributed by atoms with Crippen LogP contribution in [0.2, 0.25) is 0 Å². The SMILES string of the molecule is Cc1ccc(-n2cc(CN(C)C3CCN(C)CC3)c(-c3cccc(C)c3)n2)cc1. The van der Waals surface area contributed by atoms with E-state index in [0.717, 1.165) is 17.9 Å². The zero-order chi connectivity index (χ0) is 20.4. The van der Waals surface area contributed by atoms with Crippen molar-refractivity contribution < 1.29 is 0 Å². The van der Waals surface area contributed by atoms with Crippen molar-refractivity contribution in [2.45, 2.75) is 39.3 Å². The molecular weight excluding hydrogens is 356 g/mol. The molecule has 152 valence electrons. The van der Waals surface area contributed by atoms with E-state index in [1.165, 1.54) is 48.2 Å². The van der Waals surface area contributed by atoms with E-state index in [1.54, 1.807) is 0 Å². The number of aromatic nitrogens is 2. The Morgan fingerprint density at radius 3 is 2.41 bits per heavy atom. The topological polar surface area (TPSA) is 24.3 Å². The monoisotopic (exact) mass is 388 g/mol. The van der Waals surface area contributed by atoms with Gasteiger partial charge in [-0.2, -0.15) is 5.10 Å². The van der Waals surface area contributed by atoms with Crippen LogP contribution in [0.25, 0.3) is 16.9 Å². The molecule has 4 heteroatoms. The third-order valence-electron chi connectivity index (χ3n) is 6.11. The number of benzene rings is 2. The molecule has 29 heavy (non-hydrogen) atoms. The van der Waals surface area contributed by atoms with Gasteiger partial charge in [0.2, 0.25) is 0 Å². The molecule has 0 spiro atoms. The Morgan fingerprint density at radius 2 is 1.72 bits per heavy atom. The zero-order valence-corrected chi connectivity index (χ0v) is 18.1. The fourth-order valence-electron chi connectivity index (χ4n) is 4.22. The lowest BCUT2D eigenvalue weighted by molar-refractivity contribution is 0.139. The van der Waals surface area contributed by atoms with Crippen molar-refractivity contribution in [1.29, 1.82) is 0 Å². The standard InChI is InChI=1S/C25H32N4/c1-19-8-10-24(11-9-19)29-18-22(17-28(4)23-12-14-27(3)15-13-23)25(26-29)21-7-5-6-20(2)16-21/h5-11,16,18,23H,12-15,17H2,1-4H3. The minimum Gasteiger partial charge on any atom is -0.306 e. The van der Waals surface area contributed by atoms with Gasteiger partial charge in [0.25, 0.3) is 0 Å². The molecule has 0 amide bonds. The first kappa shape index (κ1) is 19.9. The third-order valence-corrected chi connectivity index (χ3v) is 6.11. The molecule has 2 heterocycles. The van der Waals surface area contributed by atoms with Crippen LogP contribution in [0.3, 0.4) is 0 Å². The van der Waals surface area contributed by atoms with Gasteiger partial charge in [-0.15, -0.1) is 0 Å². The van der Waals surface area contributed by atoms with E-state index in [2.05, 4.69) is 92.5 Å². The van der Waals surface area contributed by atoms with Gasteiger partial charge < -0.3 is 4.90 Å².